The van der Waals surface area contributed by atoms with Crippen molar-refractivity contribution in [2.45, 2.75) is 109 Å². The van der Waals surface area contributed by atoms with Gasteiger partial charge in [-0.05, 0) is 42.9 Å². The predicted octanol–water partition coefficient (Wildman–Crippen LogP) is 7.43. The van der Waals surface area contributed by atoms with Crippen LogP contribution in [0.1, 0.15) is 115 Å². The van der Waals surface area contributed by atoms with Crippen molar-refractivity contribution in [3.05, 3.63) is 29.8 Å². The molecule has 0 aliphatic rings. The first-order valence-electron chi connectivity index (χ1n) is 11.1. The Labute approximate surface area is 166 Å². The van der Waals surface area contributed by atoms with Crippen molar-refractivity contribution in [3.8, 4) is 5.75 Å². The molecule has 0 amide bonds. The highest BCUT2D eigenvalue weighted by Crippen LogP contribution is 2.27. The molecule has 0 spiro atoms. The molecule has 0 saturated heterocycles. The second-order valence-corrected chi connectivity index (χ2v) is 7.87. The van der Waals surface area contributed by atoms with E-state index in [1.54, 1.807) is 12.1 Å². The lowest BCUT2D eigenvalue weighted by Gasteiger charge is -2.15. The summed E-state index contributed by atoms with van der Waals surface area (Å²) in [6.07, 6.45) is 17.8. The predicted molar refractivity (Wildman–Crippen MR) is 113 cm³/mol. The zero-order valence-electron chi connectivity index (χ0n) is 17.3. The number of carbonyl (C=O) groups is 1. The van der Waals surface area contributed by atoms with E-state index in [1.807, 2.05) is 0 Å². The fourth-order valence-corrected chi connectivity index (χ4v) is 3.79. The van der Waals surface area contributed by atoms with Gasteiger partial charge >= 0.3 is 5.97 Å². The smallest absolute Gasteiger partial charge is 0.303 e. The number of benzene rings is 1. The van der Waals surface area contributed by atoms with E-state index in [4.69, 9.17) is 5.11 Å². The Morgan fingerprint density at radius 3 is 1.67 bits per heavy atom. The Hall–Kier alpha value is -1.51. The number of carboxylic acid groups (broad SMARTS) is 1. The molecule has 0 bridgehead atoms. The van der Waals surface area contributed by atoms with Gasteiger partial charge in [0.25, 0.3) is 0 Å². The Morgan fingerprint density at radius 2 is 1.22 bits per heavy atom. The summed E-state index contributed by atoms with van der Waals surface area (Å²) in [5, 5.41) is 18.0. The number of aliphatic carboxylic acids is 1. The van der Waals surface area contributed by atoms with Crippen LogP contribution in [0, 0.1) is 0 Å². The third-order valence-corrected chi connectivity index (χ3v) is 5.55. The molecule has 1 unspecified atom stereocenters. The SMILES string of the molecule is CCC(CCCCCCCCCCCCCCC(=O)O)c1ccc(O)cc1. The Bertz CT molecular complexity index is 481. The zero-order chi connectivity index (χ0) is 19.7. The first-order chi connectivity index (χ1) is 13.1. The van der Waals surface area contributed by atoms with Crippen LogP contribution < -0.4 is 0 Å². The Morgan fingerprint density at radius 1 is 0.778 bits per heavy atom. The molecule has 3 heteroatoms. The van der Waals surface area contributed by atoms with Gasteiger partial charge < -0.3 is 10.2 Å². The summed E-state index contributed by atoms with van der Waals surface area (Å²) < 4.78 is 0. The number of hydrogen-bond donors (Lipinski definition) is 2. The highest BCUT2D eigenvalue weighted by Gasteiger charge is 2.08. The van der Waals surface area contributed by atoms with Crippen LogP contribution in [0.4, 0.5) is 0 Å². The third-order valence-electron chi connectivity index (χ3n) is 5.55. The van der Waals surface area contributed by atoms with Crippen molar-refractivity contribution in [1.29, 1.82) is 0 Å². The lowest BCUT2D eigenvalue weighted by molar-refractivity contribution is -0.137. The van der Waals surface area contributed by atoms with Crippen molar-refractivity contribution >= 4 is 5.97 Å². The summed E-state index contributed by atoms with van der Waals surface area (Å²) in [6, 6.07) is 7.73. The van der Waals surface area contributed by atoms with Crippen molar-refractivity contribution in [2.24, 2.45) is 0 Å². The molecule has 1 aromatic carbocycles. The number of unbranched alkanes of at least 4 members (excludes halogenated alkanes) is 11. The highest BCUT2D eigenvalue weighted by atomic mass is 16.4. The molecular weight excluding hydrogens is 336 g/mol. The average Bonchev–Trinajstić information content (AvgIpc) is 2.66. The molecule has 0 aliphatic heterocycles. The van der Waals surface area contributed by atoms with Gasteiger partial charge in [-0.15, -0.1) is 0 Å². The molecule has 0 aliphatic carbocycles. The van der Waals surface area contributed by atoms with Gasteiger partial charge in [0, 0.05) is 6.42 Å². The van der Waals surface area contributed by atoms with Gasteiger partial charge in [-0.1, -0.05) is 89.7 Å². The number of rotatable bonds is 17. The van der Waals surface area contributed by atoms with E-state index in [0.29, 0.717) is 18.1 Å². The topological polar surface area (TPSA) is 57.5 Å². The monoisotopic (exact) mass is 376 g/mol. The van der Waals surface area contributed by atoms with Gasteiger partial charge in [0.15, 0.2) is 0 Å². The number of aromatic hydroxyl groups is 1. The number of carboxylic acids is 1. The Balaban J connectivity index is 1.89. The molecule has 3 nitrogen and oxygen atoms in total. The van der Waals surface area contributed by atoms with E-state index in [2.05, 4.69) is 19.1 Å². The maximum Gasteiger partial charge on any atom is 0.303 e. The van der Waals surface area contributed by atoms with E-state index in [1.165, 1.54) is 82.6 Å². The van der Waals surface area contributed by atoms with Crippen LogP contribution >= 0.6 is 0 Å². The molecule has 1 rings (SSSR count). The molecule has 27 heavy (non-hydrogen) atoms. The van der Waals surface area contributed by atoms with E-state index in [9.17, 15) is 9.90 Å². The third kappa shape index (κ3) is 12.5. The summed E-state index contributed by atoms with van der Waals surface area (Å²) >= 11 is 0. The molecule has 1 atom stereocenters. The molecule has 2 N–H and O–H groups in total. The fourth-order valence-electron chi connectivity index (χ4n) is 3.79. The lowest BCUT2D eigenvalue weighted by atomic mass is 9.90. The molecule has 1 aromatic rings. The molecule has 0 saturated carbocycles. The molecular formula is C24H40O3. The normalized spacial score (nSPS) is 12.2. The molecule has 0 aromatic heterocycles. The largest absolute Gasteiger partial charge is 0.508 e. The van der Waals surface area contributed by atoms with Crippen molar-refractivity contribution in [2.75, 3.05) is 0 Å². The van der Waals surface area contributed by atoms with Gasteiger partial charge in [0.1, 0.15) is 5.75 Å². The van der Waals surface area contributed by atoms with E-state index >= 15 is 0 Å². The summed E-state index contributed by atoms with van der Waals surface area (Å²) in [7, 11) is 0. The number of phenolic OH excluding ortho intramolecular Hbond substituents is 1. The minimum atomic E-state index is -0.666. The summed E-state index contributed by atoms with van der Waals surface area (Å²) in [5.74, 6) is 0.313. The highest BCUT2D eigenvalue weighted by molar-refractivity contribution is 5.66. The van der Waals surface area contributed by atoms with E-state index < -0.39 is 5.97 Å². The minimum Gasteiger partial charge on any atom is -0.508 e. The Kier molecular flexibility index (Phi) is 13.5. The van der Waals surface area contributed by atoms with Gasteiger partial charge in [0.2, 0.25) is 0 Å². The van der Waals surface area contributed by atoms with Crippen LogP contribution in [0.25, 0.3) is 0 Å². The molecule has 0 radical (unpaired) electrons. The van der Waals surface area contributed by atoms with Crippen LogP contribution in [0.15, 0.2) is 24.3 Å². The van der Waals surface area contributed by atoms with Crippen molar-refractivity contribution in [1.82, 2.24) is 0 Å². The van der Waals surface area contributed by atoms with Gasteiger partial charge in [-0.2, -0.15) is 0 Å². The fraction of sp³-hybridized carbons (Fsp3) is 0.708. The van der Waals surface area contributed by atoms with Gasteiger partial charge in [0.05, 0.1) is 0 Å². The summed E-state index contributed by atoms with van der Waals surface area (Å²) in [5.41, 5.74) is 1.36. The van der Waals surface area contributed by atoms with E-state index in [-0.39, 0.29) is 0 Å². The van der Waals surface area contributed by atoms with Crippen LogP contribution in [0.5, 0.6) is 5.75 Å². The van der Waals surface area contributed by atoms with Gasteiger partial charge in [-0.3, -0.25) is 4.79 Å². The second kappa shape index (κ2) is 15.5. The van der Waals surface area contributed by atoms with Crippen LogP contribution in [0.2, 0.25) is 0 Å². The van der Waals surface area contributed by atoms with Crippen molar-refractivity contribution in [3.63, 3.8) is 0 Å². The van der Waals surface area contributed by atoms with Crippen LogP contribution in [-0.2, 0) is 4.79 Å². The first kappa shape index (κ1) is 23.5. The standard InChI is InChI=1S/C24H40O3/c1-2-21(22-17-19-23(25)20-18-22)15-13-11-9-7-5-3-4-6-8-10-12-14-16-24(26)27/h17-21,25H,2-16H2,1H3,(H,26,27). The van der Waals surface area contributed by atoms with Crippen LogP contribution in [0.3, 0.4) is 0 Å². The average molecular weight is 377 g/mol. The molecule has 0 fully saturated rings. The number of phenols is 1. The van der Waals surface area contributed by atoms with E-state index in [0.717, 1.165) is 12.8 Å². The molecule has 0 heterocycles. The second-order valence-electron chi connectivity index (χ2n) is 7.87. The summed E-state index contributed by atoms with van der Waals surface area (Å²) in [6.45, 7) is 2.25. The number of hydrogen-bond acceptors (Lipinski definition) is 2. The first-order valence-corrected chi connectivity index (χ1v) is 11.1. The van der Waals surface area contributed by atoms with Crippen molar-refractivity contribution < 1.29 is 15.0 Å². The minimum absolute atomic E-state index is 0.327. The zero-order valence-corrected chi connectivity index (χ0v) is 17.3. The summed E-state index contributed by atoms with van der Waals surface area (Å²) in [4.78, 5) is 10.4. The molecule has 154 valence electrons. The lowest BCUT2D eigenvalue weighted by Crippen LogP contribution is -1.97. The quantitative estimate of drug-likeness (QED) is 0.278. The van der Waals surface area contributed by atoms with Gasteiger partial charge in [-0.25, -0.2) is 0 Å². The maximum absolute atomic E-state index is 10.4. The maximum atomic E-state index is 10.4. The van der Waals surface area contributed by atoms with Crippen LogP contribution in [-0.4, -0.2) is 16.2 Å².